The van der Waals surface area contributed by atoms with Crippen LogP contribution in [0.15, 0.2) is 12.1 Å². The van der Waals surface area contributed by atoms with E-state index in [0.29, 0.717) is 12.0 Å². The number of halogens is 1. The zero-order valence-electron chi connectivity index (χ0n) is 6.83. The smallest absolute Gasteiger partial charge is 0.194 e. The molecule has 4 nitrogen and oxygen atoms in total. The molecule has 0 atom stereocenters. The van der Waals surface area contributed by atoms with Gasteiger partial charge in [0, 0.05) is 0 Å². The maximum absolute atomic E-state index is 12.8. The Morgan fingerprint density at radius 2 is 2.08 bits per heavy atom. The van der Waals surface area contributed by atoms with Crippen molar-refractivity contribution < 1.29 is 19.4 Å². The third-order valence-electron chi connectivity index (χ3n) is 1.61. The van der Waals surface area contributed by atoms with Crippen LogP contribution in [0.2, 0.25) is 0 Å². The van der Waals surface area contributed by atoms with Gasteiger partial charge >= 0.3 is 0 Å². The van der Waals surface area contributed by atoms with Gasteiger partial charge in [0.15, 0.2) is 17.3 Å². The number of phenolic OH excluding ortho intramolecular Hbond substituents is 2. The first-order valence-electron chi connectivity index (χ1n) is 3.67. The fourth-order valence-electron chi connectivity index (χ4n) is 0.960. The maximum Gasteiger partial charge on any atom is 0.194 e. The van der Waals surface area contributed by atoms with Crippen molar-refractivity contribution in [1.82, 2.24) is 0 Å². The van der Waals surface area contributed by atoms with Crippen molar-refractivity contribution in [2.24, 2.45) is 5.90 Å². The van der Waals surface area contributed by atoms with Gasteiger partial charge in [-0.2, -0.15) is 0 Å². The van der Waals surface area contributed by atoms with Crippen LogP contribution in [-0.2, 0) is 11.3 Å². The molecule has 13 heavy (non-hydrogen) atoms. The molecule has 0 aliphatic heterocycles. The van der Waals surface area contributed by atoms with Crippen LogP contribution in [0.4, 0.5) is 4.39 Å². The largest absolute Gasteiger partial charge is 0.504 e. The van der Waals surface area contributed by atoms with Crippen LogP contribution in [0.3, 0.4) is 0 Å². The van der Waals surface area contributed by atoms with Crippen molar-refractivity contribution in [3.63, 3.8) is 0 Å². The Hall–Kier alpha value is -1.33. The van der Waals surface area contributed by atoms with Gasteiger partial charge in [0.1, 0.15) is 0 Å². The quantitative estimate of drug-likeness (QED) is 0.480. The van der Waals surface area contributed by atoms with E-state index in [9.17, 15) is 4.39 Å². The third-order valence-corrected chi connectivity index (χ3v) is 1.61. The molecule has 1 rings (SSSR count). The molecule has 0 bridgehead atoms. The standard InChI is InChI=1S/C8H10FNO3/c9-6-3-5(1-2-13-10)4-7(11)8(6)12/h3-4,11-12H,1-2,10H2. The van der Waals surface area contributed by atoms with Crippen LogP contribution in [0, 0.1) is 5.82 Å². The molecule has 0 fully saturated rings. The molecular weight excluding hydrogens is 177 g/mol. The van der Waals surface area contributed by atoms with E-state index in [1.165, 1.54) is 6.07 Å². The molecule has 0 saturated heterocycles. The highest BCUT2D eigenvalue weighted by molar-refractivity contribution is 5.41. The predicted molar refractivity (Wildman–Crippen MR) is 43.6 cm³/mol. The molecule has 1 aromatic carbocycles. The molecular formula is C8H10FNO3. The highest BCUT2D eigenvalue weighted by Gasteiger charge is 2.08. The van der Waals surface area contributed by atoms with Gasteiger partial charge in [-0.25, -0.2) is 10.3 Å². The van der Waals surface area contributed by atoms with Gasteiger partial charge in [0.2, 0.25) is 0 Å². The van der Waals surface area contributed by atoms with Crippen LogP contribution in [0.1, 0.15) is 5.56 Å². The number of benzene rings is 1. The van der Waals surface area contributed by atoms with Crippen LogP contribution in [-0.4, -0.2) is 16.8 Å². The summed E-state index contributed by atoms with van der Waals surface area (Å²) in [4.78, 5) is 4.29. The first-order chi connectivity index (χ1) is 6.15. The van der Waals surface area contributed by atoms with Crippen molar-refractivity contribution >= 4 is 0 Å². The molecule has 0 saturated carbocycles. The summed E-state index contributed by atoms with van der Waals surface area (Å²) < 4.78 is 12.8. The summed E-state index contributed by atoms with van der Waals surface area (Å²) in [7, 11) is 0. The van der Waals surface area contributed by atoms with Gasteiger partial charge in [-0.15, -0.1) is 0 Å². The van der Waals surface area contributed by atoms with Crippen molar-refractivity contribution in [2.45, 2.75) is 6.42 Å². The minimum atomic E-state index is -0.855. The van der Waals surface area contributed by atoms with E-state index in [-0.39, 0.29) is 6.61 Å². The Labute approximate surface area is 74.3 Å². The first kappa shape index (κ1) is 9.76. The molecule has 5 heteroatoms. The topological polar surface area (TPSA) is 75.7 Å². The number of nitrogens with two attached hydrogens (primary N) is 1. The SMILES string of the molecule is NOCCc1cc(O)c(O)c(F)c1. The average molecular weight is 187 g/mol. The van der Waals surface area contributed by atoms with Gasteiger partial charge in [-0.1, -0.05) is 0 Å². The molecule has 0 heterocycles. The lowest BCUT2D eigenvalue weighted by molar-refractivity contribution is 0.141. The molecule has 4 N–H and O–H groups in total. The molecule has 0 spiro atoms. The summed E-state index contributed by atoms with van der Waals surface area (Å²) in [5.41, 5.74) is 0.512. The minimum absolute atomic E-state index is 0.226. The highest BCUT2D eigenvalue weighted by atomic mass is 19.1. The maximum atomic E-state index is 12.8. The molecule has 0 radical (unpaired) electrons. The third kappa shape index (κ3) is 2.30. The van der Waals surface area contributed by atoms with Gasteiger partial charge in [0.25, 0.3) is 0 Å². The van der Waals surface area contributed by atoms with Crippen LogP contribution >= 0.6 is 0 Å². The summed E-state index contributed by atoms with van der Waals surface area (Å²) in [6, 6.07) is 2.38. The Kier molecular flexibility index (Phi) is 3.05. The monoisotopic (exact) mass is 187 g/mol. The van der Waals surface area contributed by atoms with E-state index in [2.05, 4.69) is 4.84 Å². The summed E-state index contributed by atoms with van der Waals surface area (Å²) >= 11 is 0. The van der Waals surface area contributed by atoms with Gasteiger partial charge < -0.3 is 15.1 Å². The van der Waals surface area contributed by atoms with Gasteiger partial charge in [-0.3, -0.25) is 0 Å². The first-order valence-corrected chi connectivity index (χ1v) is 3.67. The fraction of sp³-hybridized carbons (Fsp3) is 0.250. The molecule has 1 aromatic rings. The van der Waals surface area contributed by atoms with E-state index in [1.54, 1.807) is 0 Å². The Morgan fingerprint density at radius 3 is 2.62 bits per heavy atom. The molecule has 0 unspecified atom stereocenters. The Morgan fingerprint density at radius 1 is 1.38 bits per heavy atom. The second-order valence-electron chi connectivity index (χ2n) is 2.57. The predicted octanol–water partition coefficient (Wildman–Crippen LogP) is 0.670. The summed E-state index contributed by atoms with van der Waals surface area (Å²) in [5.74, 6) is 2.70. The van der Waals surface area contributed by atoms with Crippen LogP contribution in [0.25, 0.3) is 0 Å². The lowest BCUT2D eigenvalue weighted by atomic mass is 10.1. The Balaban J connectivity index is 2.86. The van der Waals surface area contributed by atoms with E-state index in [0.717, 1.165) is 6.07 Å². The summed E-state index contributed by atoms with van der Waals surface area (Å²) in [6.45, 7) is 0.226. The highest BCUT2D eigenvalue weighted by Crippen LogP contribution is 2.28. The van der Waals surface area contributed by atoms with Crippen LogP contribution < -0.4 is 5.90 Å². The van der Waals surface area contributed by atoms with Crippen molar-refractivity contribution in [1.29, 1.82) is 0 Å². The number of phenols is 2. The zero-order valence-corrected chi connectivity index (χ0v) is 6.83. The number of aromatic hydroxyl groups is 2. The number of hydrogen-bond donors (Lipinski definition) is 3. The van der Waals surface area contributed by atoms with E-state index in [1.807, 2.05) is 0 Å². The molecule has 0 aromatic heterocycles. The van der Waals surface area contributed by atoms with Crippen molar-refractivity contribution in [2.75, 3.05) is 6.61 Å². The molecule has 0 aliphatic rings. The van der Waals surface area contributed by atoms with Crippen LogP contribution in [0.5, 0.6) is 11.5 Å². The van der Waals surface area contributed by atoms with Gasteiger partial charge in [0.05, 0.1) is 6.61 Å². The number of rotatable bonds is 3. The Bertz CT molecular complexity index is 280. The number of hydrogen-bond acceptors (Lipinski definition) is 4. The summed E-state index contributed by atoms with van der Waals surface area (Å²) in [6.07, 6.45) is 0.376. The van der Waals surface area contributed by atoms with Crippen molar-refractivity contribution in [3.05, 3.63) is 23.5 Å². The van der Waals surface area contributed by atoms with E-state index < -0.39 is 17.3 Å². The minimum Gasteiger partial charge on any atom is -0.504 e. The lowest BCUT2D eigenvalue weighted by Crippen LogP contribution is -2.03. The molecule has 0 amide bonds. The molecule has 72 valence electrons. The fourth-order valence-corrected chi connectivity index (χ4v) is 0.960. The van der Waals surface area contributed by atoms with Gasteiger partial charge in [-0.05, 0) is 24.1 Å². The van der Waals surface area contributed by atoms with E-state index in [4.69, 9.17) is 16.1 Å². The van der Waals surface area contributed by atoms with E-state index >= 15 is 0 Å². The lowest BCUT2D eigenvalue weighted by Gasteiger charge is -2.03. The zero-order chi connectivity index (χ0) is 9.84. The average Bonchev–Trinajstić information content (AvgIpc) is 2.10. The normalized spacial score (nSPS) is 10.3. The second-order valence-corrected chi connectivity index (χ2v) is 2.57. The molecule has 0 aliphatic carbocycles. The van der Waals surface area contributed by atoms with Crippen molar-refractivity contribution in [3.8, 4) is 11.5 Å². The second kappa shape index (κ2) is 4.06. The summed E-state index contributed by atoms with van der Waals surface area (Å²) in [5, 5.41) is 17.9.